The number of anilines is 1. The molecule has 6 heteroatoms. The first-order valence-electron chi connectivity index (χ1n) is 11.0. The molecule has 0 N–H and O–H groups in total. The van der Waals surface area contributed by atoms with E-state index in [2.05, 4.69) is 12.2 Å². The lowest BCUT2D eigenvalue weighted by atomic mass is 9.63. The van der Waals surface area contributed by atoms with Crippen LogP contribution in [0.5, 0.6) is 0 Å². The fraction of sp³-hybridized carbons (Fsp3) is 0.308. The van der Waals surface area contributed by atoms with Crippen molar-refractivity contribution < 1.29 is 23.9 Å². The van der Waals surface area contributed by atoms with Crippen LogP contribution < -0.4 is 4.90 Å². The van der Waals surface area contributed by atoms with Gasteiger partial charge in [-0.05, 0) is 48.3 Å². The molecule has 1 aliphatic heterocycles. The molecule has 7 rings (SSSR count). The normalized spacial score (nSPS) is 31.3. The van der Waals surface area contributed by atoms with Gasteiger partial charge in [0.25, 0.3) is 0 Å². The van der Waals surface area contributed by atoms with Crippen LogP contribution in [0.4, 0.5) is 5.69 Å². The first-order valence-corrected chi connectivity index (χ1v) is 11.0. The third-order valence-electron chi connectivity index (χ3n) is 7.43. The fourth-order valence-electron chi connectivity index (χ4n) is 5.91. The van der Waals surface area contributed by atoms with Crippen LogP contribution in [0, 0.1) is 35.5 Å². The van der Waals surface area contributed by atoms with E-state index in [1.165, 1.54) is 11.0 Å². The molecule has 0 aromatic heterocycles. The molecule has 2 saturated carbocycles. The maximum atomic E-state index is 13.3. The summed E-state index contributed by atoms with van der Waals surface area (Å²) in [6, 6.07) is 14.9. The molecule has 0 spiro atoms. The van der Waals surface area contributed by atoms with Gasteiger partial charge in [0.05, 0.1) is 23.1 Å². The van der Waals surface area contributed by atoms with E-state index in [1.54, 1.807) is 48.5 Å². The summed E-state index contributed by atoms with van der Waals surface area (Å²) in [7, 11) is 0. The summed E-state index contributed by atoms with van der Waals surface area (Å²) in [5.41, 5.74) is 1.04. The molecule has 0 radical (unpaired) electrons. The Balaban J connectivity index is 1.20. The monoisotopic (exact) mass is 427 g/mol. The number of nitrogens with zero attached hydrogens (tertiary/aromatic N) is 1. The van der Waals surface area contributed by atoms with E-state index in [1.807, 2.05) is 0 Å². The van der Waals surface area contributed by atoms with Crippen molar-refractivity contribution >= 4 is 29.3 Å². The van der Waals surface area contributed by atoms with Crippen LogP contribution in [-0.4, -0.2) is 30.2 Å². The Bertz CT molecular complexity index is 1150. The second-order valence-corrected chi connectivity index (χ2v) is 9.08. The molecule has 2 amide bonds. The van der Waals surface area contributed by atoms with Gasteiger partial charge < -0.3 is 4.74 Å². The van der Waals surface area contributed by atoms with Gasteiger partial charge in [0, 0.05) is 5.56 Å². The summed E-state index contributed by atoms with van der Waals surface area (Å²) in [5.74, 6) is -0.536. The van der Waals surface area contributed by atoms with Gasteiger partial charge >= 0.3 is 5.97 Å². The van der Waals surface area contributed by atoms with E-state index in [9.17, 15) is 19.2 Å². The number of ether oxygens (including phenoxy) is 1. The van der Waals surface area contributed by atoms with Crippen molar-refractivity contribution in [2.75, 3.05) is 11.5 Å². The lowest BCUT2D eigenvalue weighted by molar-refractivity contribution is -0.124. The molecular formula is C26H21NO5. The Kier molecular flexibility index (Phi) is 4.18. The molecule has 6 nitrogen and oxygen atoms in total. The highest BCUT2D eigenvalue weighted by molar-refractivity contribution is 6.23. The van der Waals surface area contributed by atoms with E-state index < -0.39 is 5.97 Å². The molecular weight excluding hydrogens is 406 g/mol. The molecule has 1 saturated heterocycles. The number of hydrogen-bond acceptors (Lipinski definition) is 5. The van der Waals surface area contributed by atoms with Crippen LogP contribution >= 0.6 is 0 Å². The second-order valence-electron chi connectivity index (χ2n) is 9.08. The van der Waals surface area contributed by atoms with Crippen molar-refractivity contribution in [1.29, 1.82) is 0 Å². The number of ketones is 1. The highest BCUT2D eigenvalue weighted by Gasteiger charge is 2.67. The minimum absolute atomic E-state index is 0.147. The topological polar surface area (TPSA) is 80.8 Å². The van der Waals surface area contributed by atoms with E-state index in [0.29, 0.717) is 23.1 Å². The lowest BCUT2D eigenvalue weighted by Crippen LogP contribution is -2.40. The third kappa shape index (κ3) is 2.79. The molecule has 4 aliphatic carbocycles. The van der Waals surface area contributed by atoms with Gasteiger partial charge in [-0.1, -0.05) is 48.6 Å². The number of benzene rings is 2. The van der Waals surface area contributed by atoms with Crippen molar-refractivity contribution in [2.45, 2.75) is 6.42 Å². The van der Waals surface area contributed by atoms with Crippen LogP contribution in [-0.2, 0) is 14.3 Å². The number of Topliss-reactive ketones (excluding diaryl/α,β-unsaturated/α-hetero) is 1. The highest BCUT2D eigenvalue weighted by Crippen LogP contribution is 2.65. The summed E-state index contributed by atoms with van der Waals surface area (Å²) in [6.45, 7) is -0.378. The van der Waals surface area contributed by atoms with Crippen LogP contribution in [0.3, 0.4) is 0 Å². The van der Waals surface area contributed by atoms with Gasteiger partial charge in [0.1, 0.15) is 0 Å². The molecule has 5 aliphatic rings. The highest BCUT2D eigenvalue weighted by atomic mass is 16.5. The predicted octanol–water partition coefficient (Wildman–Crippen LogP) is 3.28. The maximum Gasteiger partial charge on any atom is 0.338 e. The standard InChI is InChI=1S/C26H21NO5/c28-21(14-5-2-1-3-6-14)13-32-26(31)15-7-4-8-16(11-15)27-24(29)22-17-9-10-18(20-12-19(17)20)23(22)25(27)30/h1-11,17-20,22-23H,12-13H2/t17-,18-,19-,20-,22-,23-/m1/s1. The van der Waals surface area contributed by atoms with Gasteiger partial charge in [-0.25, -0.2) is 9.69 Å². The zero-order chi connectivity index (χ0) is 22.0. The van der Waals surface area contributed by atoms with E-state index in [4.69, 9.17) is 4.74 Å². The molecule has 2 aromatic carbocycles. The summed E-state index contributed by atoms with van der Waals surface area (Å²) in [6.07, 6.45) is 5.37. The maximum absolute atomic E-state index is 13.3. The zero-order valence-corrected chi connectivity index (χ0v) is 17.2. The van der Waals surface area contributed by atoms with Crippen LogP contribution in [0.1, 0.15) is 27.1 Å². The van der Waals surface area contributed by atoms with Crippen molar-refractivity contribution in [3.63, 3.8) is 0 Å². The average molecular weight is 427 g/mol. The number of carbonyl (C=O) groups excluding carboxylic acids is 4. The Hall–Kier alpha value is -3.54. The van der Waals surface area contributed by atoms with Crippen LogP contribution in [0.2, 0.25) is 0 Å². The SMILES string of the molecule is O=C(COC(=O)c1cccc(N2C(=O)[C@@H]3[C@@H]4C=C[C@H]([C@H]5C[C@H]45)[C@H]3C2=O)c1)c1ccccc1. The van der Waals surface area contributed by atoms with E-state index in [-0.39, 0.29) is 53.4 Å². The molecule has 2 aromatic rings. The molecule has 0 unspecified atom stereocenters. The number of carbonyl (C=O) groups is 4. The minimum Gasteiger partial charge on any atom is -0.454 e. The number of amides is 2. The summed E-state index contributed by atoms with van der Waals surface area (Å²) >= 11 is 0. The lowest BCUT2D eigenvalue weighted by Gasteiger charge is -2.37. The number of rotatable bonds is 5. The largest absolute Gasteiger partial charge is 0.454 e. The minimum atomic E-state index is -0.671. The summed E-state index contributed by atoms with van der Waals surface area (Å²) < 4.78 is 5.19. The van der Waals surface area contributed by atoms with Crippen molar-refractivity contribution in [3.8, 4) is 0 Å². The number of hydrogen-bond donors (Lipinski definition) is 0. The molecule has 32 heavy (non-hydrogen) atoms. The number of esters is 1. The summed E-state index contributed by atoms with van der Waals surface area (Å²) in [4.78, 5) is 52.5. The van der Waals surface area contributed by atoms with Gasteiger partial charge in [0.15, 0.2) is 12.4 Å². The van der Waals surface area contributed by atoms with E-state index >= 15 is 0 Å². The Morgan fingerprint density at radius 2 is 1.47 bits per heavy atom. The van der Waals surface area contributed by atoms with Gasteiger partial charge in [-0.15, -0.1) is 0 Å². The second kappa shape index (κ2) is 6.99. The Morgan fingerprint density at radius 3 is 2.12 bits per heavy atom. The Labute approximate surface area is 184 Å². The zero-order valence-electron chi connectivity index (χ0n) is 17.2. The quantitative estimate of drug-likeness (QED) is 0.317. The smallest absolute Gasteiger partial charge is 0.338 e. The van der Waals surface area contributed by atoms with Crippen molar-refractivity contribution in [3.05, 3.63) is 77.9 Å². The van der Waals surface area contributed by atoms with Gasteiger partial charge in [-0.2, -0.15) is 0 Å². The average Bonchev–Trinajstić information content (AvgIpc) is 3.61. The number of allylic oxidation sites excluding steroid dienone is 2. The molecule has 3 fully saturated rings. The fourth-order valence-corrected chi connectivity index (χ4v) is 5.91. The van der Waals surface area contributed by atoms with Crippen molar-refractivity contribution in [1.82, 2.24) is 0 Å². The molecule has 2 bridgehead atoms. The molecule has 6 atom stereocenters. The predicted molar refractivity (Wildman–Crippen MR) is 115 cm³/mol. The molecule has 1 heterocycles. The molecule has 160 valence electrons. The van der Waals surface area contributed by atoms with Gasteiger partial charge in [-0.3, -0.25) is 14.4 Å². The Morgan fingerprint density at radius 1 is 0.844 bits per heavy atom. The third-order valence-corrected chi connectivity index (χ3v) is 7.43. The van der Waals surface area contributed by atoms with Crippen LogP contribution in [0.15, 0.2) is 66.7 Å². The van der Waals surface area contributed by atoms with Crippen molar-refractivity contribution in [2.24, 2.45) is 35.5 Å². The first-order chi connectivity index (χ1) is 15.5. The number of imide groups is 1. The van der Waals surface area contributed by atoms with E-state index in [0.717, 1.165) is 6.42 Å². The van der Waals surface area contributed by atoms with Crippen LogP contribution in [0.25, 0.3) is 0 Å². The van der Waals surface area contributed by atoms with Gasteiger partial charge in [0.2, 0.25) is 11.8 Å². The first kappa shape index (κ1) is 19.2. The summed E-state index contributed by atoms with van der Waals surface area (Å²) in [5, 5.41) is 0.